The maximum atomic E-state index is 14.3. The molecule has 0 radical (unpaired) electrons. The normalized spacial score (nSPS) is 15.3. The summed E-state index contributed by atoms with van der Waals surface area (Å²) in [5, 5.41) is 10.2. The van der Waals surface area contributed by atoms with Crippen molar-refractivity contribution in [2.45, 2.75) is 52.6 Å². The number of piperazine rings is 1. The summed E-state index contributed by atoms with van der Waals surface area (Å²) in [6, 6.07) is 13.5. The zero-order chi connectivity index (χ0) is 33.1. The van der Waals surface area contributed by atoms with Crippen LogP contribution in [0.3, 0.4) is 0 Å². The Morgan fingerprint density at radius 1 is 1.11 bits per heavy atom. The molecular formula is C34H37ClFN7O4. The topological polar surface area (TPSA) is 111 Å². The van der Waals surface area contributed by atoms with Crippen molar-refractivity contribution in [2.24, 2.45) is 0 Å². The second-order valence-corrected chi connectivity index (χ2v) is 11.9. The monoisotopic (exact) mass is 661 g/mol. The highest BCUT2D eigenvalue weighted by molar-refractivity contribution is 6.30. The van der Waals surface area contributed by atoms with Crippen LogP contribution in [0, 0.1) is 5.82 Å². The summed E-state index contributed by atoms with van der Waals surface area (Å²) >= 11 is 5.88. The number of aromatic carboxylic acids is 1. The summed E-state index contributed by atoms with van der Waals surface area (Å²) in [6.07, 6.45) is 4.54. The van der Waals surface area contributed by atoms with Crippen molar-refractivity contribution in [3.05, 3.63) is 94.5 Å². The maximum absolute atomic E-state index is 14.3. The van der Waals surface area contributed by atoms with Gasteiger partial charge in [0.15, 0.2) is 0 Å². The largest absolute Gasteiger partial charge is 0.494 e. The predicted molar refractivity (Wildman–Crippen MR) is 177 cm³/mol. The quantitative estimate of drug-likeness (QED) is 0.175. The van der Waals surface area contributed by atoms with Gasteiger partial charge in [0, 0.05) is 55.1 Å². The molecule has 2 aromatic carbocycles. The molecular weight excluding hydrogens is 625 g/mol. The third kappa shape index (κ3) is 6.89. The number of pyridine rings is 1. The number of hydrogen-bond donors (Lipinski definition) is 1. The molecule has 0 aliphatic carbocycles. The van der Waals surface area contributed by atoms with E-state index in [1.165, 1.54) is 19.2 Å². The molecule has 3 aromatic heterocycles. The van der Waals surface area contributed by atoms with E-state index in [2.05, 4.69) is 37.8 Å². The van der Waals surface area contributed by atoms with Gasteiger partial charge in [-0.2, -0.15) is 4.98 Å². The average Bonchev–Trinajstić information content (AvgIpc) is 3.68. The number of carboxylic acids is 1. The van der Waals surface area contributed by atoms with Crippen LogP contribution in [0.5, 0.6) is 11.6 Å². The van der Waals surface area contributed by atoms with Gasteiger partial charge in [0.25, 0.3) is 0 Å². The molecule has 47 heavy (non-hydrogen) atoms. The summed E-state index contributed by atoms with van der Waals surface area (Å²) in [7, 11) is 1.53. The summed E-state index contributed by atoms with van der Waals surface area (Å²) in [6.45, 7) is 8.32. The molecule has 0 spiro atoms. The Morgan fingerprint density at radius 3 is 2.70 bits per heavy atom. The highest BCUT2D eigenvalue weighted by Gasteiger charge is 2.29. The van der Waals surface area contributed by atoms with Crippen LogP contribution in [0.25, 0.3) is 11.0 Å². The number of ether oxygens (including phenoxy) is 2. The summed E-state index contributed by atoms with van der Waals surface area (Å²) in [5.74, 6) is 1.01. The fourth-order valence-electron chi connectivity index (χ4n) is 6.07. The first-order chi connectivity index (χ1) is 22.8. The lowest BCUT2D eigenvalue weighted by molar-refractivity contribution is 0.0696. The number of hydrogen-bond acceptors (Lipinski definition) is 8. The standard InChI is InChI=1S/C34H37ClFN7O4/c1-4-25-17-42(30-7-6-8-32(38-30)47-20-22-9-10-24(35)15-27(22)36)12-11-41(25)19-31-39-33-28(13-23(34(44)45)14-29(33)46-3)43(31)18-26-16-37-21-40(26)5-2/h6-10,13-16,21,25H,4-5,11-12,17-20H2,1-3H3,(H,44,45). The molecule has 5 aromatic rings. The lowest BCUT2D eigenvalue weighted by Gasteiger charge is -2.41. The number of carboxylic acid groups (broad SMARTS) is 1. The Hall–Kier alpha value is -4.68. The summed E-state index contributed by atoms with van der Waals surface area (Å²) in [4.78, 5) is 30.7. The molecule has 13 heteroatoms. The minimum absolute atomic E-state index is 0.0452. The Balaban J connectivity index is 1.23. The van der Waals surface area contributed by atoms with Crippen molar-refractivity contribution < 1.29 is 23.8 Å². The second-order valence-electron chi connectivity index (χ2n) is 11.5. The molecule has 6 rings (SSSR count). The number of methoxy groups -OCH3 is 1. The first kappa shape index (κ1) is 32.3. The number of rotatable bonds is 12. The van der Waals surface area contributed by atoms with Crippen LogP contribution in [0.1, 0.15) is 47.7 Å². The van der Waals surface area contributed by atoms with Crippen molar-refractivity contribution in [2.75, 3.05) is 31.6 Å². The fourth-order valence-corrected chi connectivity index (χ4v) is 6.23. The van der Waals surface area contributed by atoms with Gasteiger partial charge in [0.2, 0.25) is 5.88 Å². The summed E-state index contributed by atoms with van der Waals surface area (Å²) in [5.41, 5.74) is 2.87. The molecule has 1 aliphatic rings. The van der Waals surface area contributed by atoms with Gasteiger partial charge in [-0.1, -0.05) is 30.7 Å². The zero-order valence-corrected chi connectivity index (χ0v) is 27.3. The van der Waals surface area contributed by atoms with Crippen molar-refractivity contribution in [3.8, 4) is 11.6 Å². The number of aromatic nitrogens is 5. The number of fused-ring (bicyclic) bond motifs is 1. The third-order valence-electron chi connectivity index (χ3n) is 8.67. The van der Waals surface area contributed by atoms with Crippen LogP contribution in [0.4, 0.5) is 10.2 Å². The highest BCUT2D eigenvalue weighted by atomic mass is 35.5. The average molecular weight is 662 g/mol. The lowest BCUT2D eigenvalue weighted by Crippen LogP contribution is -2.53. The van der Waals surface area contributed by atoms with Crippen molar-refractivity contribution in [3.63, 3.8) is 0 Å². The van der Waals surface area contributed by atoms with E-state index < -0.39 is 11.8 Å². The first-order valence-corrected chi connectivity index (χ1v) is 16.0. The second kappa shape index (κ2) is 14.0. The van der Waals surface area contributed by atoms with Gasteiger partial charge in [-0.3, -0.25) is 4.90 Å². The molecule has 0 bridgehead atoms. The van der Waals surface area contributed by atoms with E-state index >= 15 is 0 Å². The minimum Gasteiger partial charge on any atom is -0.494 e. The zero-order valence-electron chi connectivity index (χ0n) is 26.6. The van der Waals surface area contributed by atoms with Gasteiger partial charge in [0.1, 0.15) is 35.3 Å². The van der Waals surface area contributed by atoms with E-state index in [0.29, 0.717) is 46.3 Å². The van der Waals surface area contributed by atoms with Crippen LogP contribution in [-0.2, 0) is 26.2 Å². The summed E-state index contributed by atoms with van der Waals surface area (Å²) < 4.78 is 29.9. The molecule has 0 amide bonds. The van der Waals surface area contributed by atoms with Gasteiger partial charge >= 0.3 is 5.97 Å². The van der Waals surface area contributed by atoms with Gasteiger partial charge in [-0.05, 0) is 43.7 Å². The Labute approximate surface area is 277 Å². The van der Waals surface area contributed by atoms with E-state index in [1.807, 2.05) is 18.3 Å². The number of halogens is 2. The van der Waals surface area contributed by atoms with E-state index in [4.69, 9.17) is 31.0 Å². The molecule has 246 valence electrons. The van der Waals surface area contributed by atoms with Gasteiger partial charge < -0.3 is 28.6 Å². The van der Waals surface area contributed by atoms with Crippen LogP contribution >= 0.6 is 11.6 Å². The van der Waals surface area contributed by atoms with Gasteiger partial charge in [-0.15, -0.1) is 0 Å². The molecule has 4 heterocycles. The molecule has 1 N–H and O–H groups in total. The molecule has 1 fully saturated rings. The smallest absolute Gasteiger partial charge is 0.335 e. The van der Waals surface area contributed by atoms with E-state index in [0.717, 1.165) is 49.9 Å². The molecule has 11 nitrogen and oxygen atoms in total. The lowest BCUT2D eigenvalue weighted by atomic mass is 10.1. The number of carbonyl (C=O) groups is 1. The number of benzene rings is 2. The van der Waals surface area contributed by atoms with E-state index in [1.54, 1.807) is 30.6 Å². The van der Waals surface area contributed by atoms with Crippen molar-refractivity contribution in [1.29, 1.82) is 0 Å². The number of aryl methyl sites for hydroxylation is 1. The molecule has 0 saturated carbocycles. The van der Waals surface area contributed by atoms with Crippen molar-refractivity contribution in [1.82, 2.24) is 29.0 Å². The Kier molecular flexibility index (Phi) is 9.60. The SMILES string of the molecule is CCC1CN(c2cccc(OCc3ccc(Cl)cc3F)n2)CCN1Cc1nc2c(OC)cc(C(=O)O)cc2n1Cc1cncn1CC. The van der Waals surface area contributed by atoms with Gasteiger partial charge in [-0.25, -0.2) is 19.2 Å². The van der Waals surface area contributed by atoms with Crippen LogP contribution in [0.2, 0.25) is 5.02 Å². The Bertz CT molecular complexity index is 1890. The Morgan fingerprint density at radius 2 is 1.96 bits per heavy atom. The maximum Gasteiger partial charge on any atom is 0.335 e. The number of anilines is 1. The number of imidazole rings is 2. The van der Waals surface area contributed by atoms with Crippen molar-refractivity contribution >= 4 is 34.4 Å². The predicted octanol–water partition coefficient (Wildman–Crippen LogP) is 5.88. The third-order valence-corrected chi connectivity index (χ3v) is 8.90. The van der Waals surface area contributed by atoms with Crippen LogP contribution in [-0.4, -0.2) is 72.8 Å². The molecule has 1 unspecified atom stereocenters. The van der Waals surface area contributed by atoms with E-state index in [9.17, 15) is 14.3 Å². The minimum atomic E-state index is -1.03. The molecule has 1 aliphatic heterocycles. The van der Waals surface area contributed by atoms with Crippen LogP contribution < -0.4 is 14.4 Å². The highest BCUT2D eigenvalue weighted by Crippen LogP contribution is 2.31. The van der Waals surface area contributed by atoms with E-state index in [-0.39, 0.29) is 18.2 Å². The first-order valence-electron chi connectivity index (χ1n) is 15.6. The van der Waals surface area contributed by atoms with Gasteiger partial charge in [0.05, 0.1) is 43.3 Å². The fraction of sp³-hybridized carbons (Fsp3) is 0.353. The van der Waals surface area contributed by atoms with Crippen LogP contribution in [0.15, 0.2) is 61.1 Å². The molecule has 1 atom stereocenters. The number of nitrogens with zero attached hydrogens (tertiary/aromatic N) is 7. The molecule has 1 saturated heterocycles.